The molecule has 0 amide bonds. The predicted molar refractivity (Wildman–Crippen MR) is 77.8 cm³/mol. The Morgan fingerprint density at radius 3 is 2.44 bits per heavy atom. The maximum atomic E-state index is 12.5. The molecule has 1 saturated heterocycles. The molecule has 0 radical (unpaired) electrons. The van der Waals surface area contributed by atoms with Crippen LogP contribution in [0.2, 0.25) is 0 Å². The lowest BCUT2D eigenvalue weighted by Gasteiger charge is -2.19. The van der Waals surface area contributed by atoms with E-state index < -0.39 is 0 Å². The van der Waals surface area contributed by atoms with Crippen molar-refractivity contribution >= 4 is 5.78 Å². The summed E-state index contributed by atoms with van der Waals surface area (Å²) in [7, 11) is 0. The number of ketones is 1. The molecule has 0 aromatic carbocycles. The van der Waals surface area contributed by atoms with Crippen molar-refractivity contribution in [1.29, 1.82) is 0 Å². The Morgan fingerprint density at radius 2 is 1.83 bits per heavy atom. The quantitative estimate of drug-likeness (QED) is 0.594. The van der Waals surface area contributed by atoms with E-state index in [-0.39, 0.29) is 6.04 Å². The van der Waals surface area contributed by atoms with Crippen LogP contribution in [-0.4, -0.2) is 18.4 Å². The van der Waals surface area contributed by atoms with E-state index in [9.17, 15) is 4.79 Å². The lowest BCUT2D eigenvalue weighted by Crippen LogP contribution is -2.35. The van der Waals surface area contributed by atoms with Gasteiger partial charge in [-0.2, -0.15) is 0 Å². The summed E-state index contributed by atoms with van der Waals surface area (Å²) in [5.74, 6) is 0.842. The molecule has 0 aromatic rings. The first kappa shape index (κ1) is 15.7. The molecule has 1 aliphatic rings. The van der Waals surface area contributed by atoms with Crippen LogP contribution >= 0.6 is 0 Å². The Kier molecular flexibility index (Phi) is 8.32. The molecule has 2 atom stereocenters. The smallest absolute Gasteiger partial charge is 0.152 e. The molecule has 18 heavy (non-hydrogen) atoms. The molecule has 2 heteroatoms. The SMILES string of the molecule is CCCCCCC(CCCC)C(=O)C1CCCN1. The number of rotatable bonds is 10. The van der Waals surface area contributed by atoms with E-state index in [1.165, 1.54) is 44.9 Å². The fourth-order valence-corrected chi connectivity index (χ4v) is 2.91. The van der Waals surface area contributed by atoms with Crippen molar-refractivity contribution in [3.05, 3.63) is 0 Å². The summed E-state index contributed by atoms with van der Waals surface area (Å²) < 4.78 is 0. The topological polar surface area (TPSA) is 29.1 Å². The molecule has 0 aromatic heterocycles. The molecule has 106 valence electrons. The van der Waals surface area contributed by atoms with Gasteiger partial charge in [-0.3, -0.25) is 4.79 Å². The minimum absolute atomic E-state index is 0.179. The molecule has 1 heterocycles. The van der Waals surface area contributed by atoms with Crippen molar-refractivity contribution in [1.82, 2.24) is 5.32 Å². The fourth-order valence-electron chi connectivity index (χ4n) is 2.91. The minimum Gasteiger partial charge on any atom is -0.307 e. The predicted octanol–water partition coefficient (Wildman–Crippen LogP) is 4.08. The highest BCUT2D eigenvalue weighted by molar-refractivity contribution is 5.86. The summed E-state index contributed by atoms with van der Waals surface area (Å²) in [4.78, 5) is 12.5. The standard InChI is InChI=1S/C16H31NO/c1-3-5-7-8-11-14(10-6-4-2)16(18)15-12-9-13-17-15/h14-15,17H,3-13H2,1-2H3. The van der Waals surface area contributed by atoms with Gasteiger partial charge in [0.05, 0.1) is 6.04 Å². The Morgan fingerprint density at radius 1 is 1.11 bits per heavy atom. The Bertz CT molecular complexity index is 221. The molecule has 2 unspecified atom stereocenters. The van der Waals surface area contributed by atoms with E-state index in [2.05, 4.69) is 19.2 Å². The molecule has 1 N–H and O–H groups in total. The van der Waals surface area contributed by atoms with Gasteiger partial charge in [0, 0.05) is 5.92 Å². The Hall–Kier alpha value is -0.370. The van der Waals surface area contributed by atoms with E-state index in [0.717, 1.165) is 25.8 Å². The molecule has 0 aliphatic carbocycles. The lowest BCUT2D eigenvalue weighted by atomic mass is 9.87. The van der Waals surface area contributed by atoms with Gasteiger partial charge in [-0.1, -0.05) is 52.4 Å². The number of carbonyl (C=O) groups excluding carboxylic acids is 1. The number of carbonyl (C=O) groups is 1. The van der Waals surface area contributed by atoms with Crippen molar-refractivity contribution < 1.29 is 4.79 Å². The van der Waals surface area contributed by atoms with Gasteiger partial charge < -0.3 is 5.32 Å². The van der Waals surface area contributed by atoms with Crippen LogP contribution in [0.5, 0.6) is 0 Å². The van der Waals surface area contributed by atoms with E-state index >= 15 is 0 Å². The number of hydrogen-bond acceptors (Lipinski definition) is 2. The normalized spacial score (nSPS) is 21.1. The van der Waals surface area contributed by atoms with Gasteiger partial charge in [0.25, 0.3) is 0 Å². The summed E-state index contributed by atoms with van der Waals surface area (Å²) in [6.07, 6.45) is 12.0. The minimum atomic E-state index is 0.179. The van der Waals surface area contributed by atoms with Crippen molar-refractivity contribution in [2.24, 2.45) is 5.92 Å². The Balaban J connectivity index is 2.35. The summed E-state index contributed by atoms with van der Waals surface area (Å²) in [5, 5.41) is 3.37. The third-order valence-electron chi connectivity index (χ3n) is 4.12. The molecular weight excluding hydrogens is 222 g/mol. The van der Waals surface area contributed by atoms with Gasteiger partial charge in [0.15, 0.2) is 5.78 Å². The van der Waals surface area contributed by atoms with E-state index in [0.29, 0.717) is 11.7 Å². The van der Waals surface area contributed by atoms with Gasteiger partial charge in [-0.05, 0) is 32.2 Å². The van der Waals surface area contributed by atoms with Crippen LogP contribution in [0.25, 0.3) is 0 Å². The van der Waals surface area contributed by atoms with Crippen LogP contribution in [0.4, 0.5) is 0 Å². The Labute approximate surface area is 113 Å². The third-order valence-corrected chi connectivity index (χ3v) is 4.12. The second-order valence-electron chi connectivity index (χ2n) is 5.74. The highest BCUT2D eigenvalue weighted by Gasteiger charge is 2.28. The van der Waals surface area contributed by atoms with Crippen molar-refractivity contribution in [2.45, 2.75) is 84.1 Å². The molecule has 2 nitrogen and oxygen atoms in total. The number of Topliss-reactive ketones (excluding diaryl/α,β-unsaturated/α-hetero) is 1. The van der Waals surface area contributed by atoms with Gasteiger partial charge in [-0.15, -0.1) is 0 Å². The first-order valence-corrected chi connectivity index (χ1v) is 8.06. The van der Waals surface area contributed by atoms with Gasteiger partial charge >= 0.3 is 0 Å². The largest absolute Gasteiger partial charge is 0.307 e. The molecule has 1 fully saturated rings. The van der Waals surface area contributed by atoms with Crippen LogP contribution in [0.1, 0.15) is 78.1 Å². The lowest BCUT2D eigenvalue weighted by molar-refractivity contribution is -0.125. The van der Waals surface area contributed by atoms with Crippen LogP contribution < -0.4 is 5.32 Å². The van der Waals surface area contributed by atoms with Crippen LogP contribution in [0.15, 0.2) is 0 Å². The fraction of sp³-hybridized carbons (Fsp3) is 0.938. The zero-order valence-electron chi connectivity index (χ0n) is 12.3. The van der Waals surface area contributed by atoms with E-state index in [1.807, 2.05) is 0 Å². The summed E-state index contributed by atoms with van der Waals surface area (Å²) in [5.41, 5.74) is 0. The molecule has 0 saturated carbocycles. The number of hydrogen-bond donors (Lipinski definition) is 1. The second kappa shape index (κ2) is 9.55. The summed E-state index contributed by atoms with van der Waals surface area (Å²) >= 11 is 0. The first-order chi connectivity index (χ1) is 8.79. The van der Waals surface area contributed by atoms with Crippen LogP contribution in [0, 0.1) is 5.92 Å². The molecule has 1 rings (SSSR count). The van der Waals surface area contributed by atoms with Gasteiger partial charge in [-0.25, -0.2) is 0 Å². The maximum absolute atomic E-state index is 12.5. The average molecular weight is 253 g/mol. The molecule has 0 spiro atoms. The second-order valence-corrected chi connectivity index (χ2v) is 5.74. The molecule has 0 bridgehead atoms. The van der Waals surface area contributed by atoms with Crippen molar-refractivity contribution in [3.8, 4) is 0 Å². The van der Waals surface area contributed by atoms with E-state index in [4.69, 9.17) is 0 Å². The number of unbranched alkanes of at least 4 members (excludes halogenated alkanes) is 4. The summed E-state index contributed by atoms with van der Waals surface area (Å²) in [6, 6.07) is 0.179. The summed E-state index contributed by atoms with van der Waals surface area (Å²) in [6.45, 7) is 5.49. The highest BCUT2D eigenvalue weighted by Crippen LogP contribution is 2.22. The maximum Gasteiger partial charge on any atom is 0.152 e. The van der Waals surface area contributed by atoms with Crippen LogP contribution in [-0.2, 0) is 4.79 Å². The van der Waals surface area contributed by atoms with Gasteiger partial charge in [0.2, 0.25) is 0 Å². The zero-order valence-corrected chi connectivity index (χ0v) is 12.3. The zero-order chi connectivity index (χ0) is 13.2. The van der Waals surface area contributed by atoms with Crippen molar-refractivity contribution in [2.75, 3.05) is 6.54 Å². The molecule has 1 aliphatic heterocycles. The van der Waals surface area contributed by atoms with E-state index in [1.54, 1.807) is 0 Å². The van der Waals surface area contributed by atoms with Gasteiger partial charge in [0.1, 0.15) is 0 Å². The highest BCUT2D eigenvalue weighted by atomic mass is 16.1. The third kappa shape index (κ3) is 5.51. The monoisotopic (exact) mass is 253 g/mol. The van der Waals surface area contributed by atoms with Crippen molar-refractivity contribution in [3.63, 3.8) is 0 Å². The average Bonchev–Trinajstić information content (AvgIpc) is 2.91. The number of nitrogens with one attached hydrogen (secondary N) is 1. The van der Waals surface area contributed by atoms with Crippen LogP contribution in [0.3, 0.4) is 0 Å². The first-order valence-electron chi connectivity index (χ1n) is 8.06. The molecular formula is C16H31NO.